The highest BCUT2D eigenvalue weighted by Gasteiger charge is 2.14. The molecule has 4 nitrogen and oxygen atoms in total. The molecule has 0 spiro atoms. The van der Waals surface area contributed by atoms with Crippen molar-refractivity contribution in [3.05, 3.63) is 23.0 Å². The Morgan fingerprint density at radius 1 is 1.47 bits per heavy atom. The summed E-state index contributed by atoms with van der Waals surface area (Å²) >= 11 is 5.61. The quantitative estimate of drug-likeness (QED) is 0.815. The average molecular weight is 261 g/mol. The molecule has 0 aromatic heterocycles. The summed E-state index contributed by atoms with van der Waals surface area (Å²) < 4.78 is 23.9. The van der Waals surface area contributed by atoms with E-state index < -0.39 is 5.82 Å². The Bertz CT molecular complexity index is 397. The fourth-order valence-electron chi connectivity index (χ4n) is 1.59. The molecule has 1 aromatic carbocycles. The number of halogens is 2. The zero-order valence-corrected chi connectivity index (χ0v) is 9.97. The Labute approximate surface area is 104 Å². The fourth-order valence-corrected chi connectivity index (χ4v) is 1.77. The first-order valence-corrected chi connectivity index (χ1v) is 5.72. The number of ether oxygens (including phenoxy) is 2. The van der Waals surface area contributed by atoms with Gasteiger partial charge in [0.2, 0.25) is 0 Å². The van der Waals surface area contributed by atoms with Gasteiger partial charge in [-0.05, 0) is 6.07 Å². The van der Waals surface area contributed by atoms with E-state index in [-0.39, 0.29) is 11.1 Å². The van der Waals surface area contributed by atoms with Crippen molar-refractivity contribution in [1.82, 2.24) is 0 Å². The molecule has 1 saturated heterocycles. The van der Waals surface area contributed by atoms with Crippen LogP contribution in [-0.4, -0.2) is 32.5 Å². The third-order valence-electron chi connectivity index (χ3n) is 2.50. The predicted molar refractivity (Wildman–Crippen MR) is 64.9 cm³/mol. The van der Waals surface area contributed by atoms with Crippen molar-refractivity contribution in [2.75, 3.05) is 37.4 Å². The van der Waals surface area contributed by atoms with E-state index in [2.05, 4.69) is 5.32 Å². The minimum absolute atomic E-state index is 0.0188. The number of hydrogen-bond donors (Lipinski definition) is 2. The van der Waals surface area contributed by atoms with Crippen LogP contribution in [0.3, 0.4) is 0 Å². The highest BCUT2D eigenvalue weighted by atomic mass is 35.5. The molecule has 1 fully saturated rings. The highest BCUT2D eigenvalue weighted by Crippen LogP contribution is 2.26. The molecule has 0 saturated carbocycles. The minimum Gasteiger partial charge on any atom is -0.397 e. The van der Waals surface area contributed by atoms with E-state index in [0.717, 1.165) is 0 Å². The smallest absolute Gasteiger partial charge is 0.143 e. The first kappa shape index (κ1) is 12.4. The van der Waals surface area contributed by atoms with Gasteiger partial charge in [0.15, 0.2) is 0 Å². The molecule has 1 aliphatic rings. The molecule has 0 amide bonds. The van der Waals surface area contributed by atoms with Gasteiger partial charge in [-0.25, -0.2) is 4.39 Å². The topological polar surface area (TPSA) is 56.5 Å². The standard InChI is InChI=1S/C11H14ClFN2O2/c12-8-3-10(14)11(4-9(8)13)15-5-7-6-16-1-2-17-7/h3-4,7,15H,1-2,5-6,14H2. The Morgan fingerprint density at radius 2 is 2.29 bits per heavy atom. The van der Waals surface area contributed by atoms with Gasteiger partial charge in [0, 0.05) is 12.6 Å². The van der Waals surface area contributed by atoms with Crippen LogP contribution in [0.4, 0.5) is 15.8 Å². The van der Waals surface area contributed by atoms with Crippen LogP contribution in [0.2, 0.25) is 5.02 Å². The van der Waals surface area contributed by atoms with E-state index in [4.69, 9.17) is 26.8 Å². The Kier molecular flexibility index (Phi) is 4.04. The summed E-state index contributed by atoms with van der Waals surface area (Å²) in [6.45, 7) is 2.25. The second kappa shape index (κ2) is 5.53. The first-order chi connectivity index (χ1) is 8.16. The normalized spacial score (nSPS) is 20.2. The van der Waals surface area contributed by atoms with E-state index in [1.807, 2.05) is 0 Å². The molecule has 1 aromatic rings. The number of nitrogens with two attached hydrogens (primary N) is 1. The summed E-state index contributed by atoms with van der Waals surface area (Å²) in [7, 11) is 0. The maximum absolute atomic E-state index is 13.2. The summed E-state index contributed by atoms with van der Waals surface area (Å²) in [5.74, 6) is -0.496. The highest BCUT2D eigenvalue weighted by molar-refractivity contribution is 6.31. The molecule has 3 N–H and O–H groups in total. The summed E-state index contributed by atoms with van der Waals surface area (Å²) in [5.41, 5.74) is 6.65. The lowest BCUT2D eigenvalue weighted by Crippen LogP contribution is -2.34. The van der Waals surface area contributed by atoms with Gasteiger partial charge in [-0.3, -0.25) is 0 Å². The van der Waals surface area contributed by atoms with Crippen molar-refractivity contribution < 1.29 is 13.9 Å². The molecule has 0 radical (unpaired) electrons. The van der Waals surface area contributed by atoms with Gasteiger partial charge in [-0.2, -0.15) is 0 Å². The third-order valence-corrected chi connectivity index (χ3v) is 2.79. The van der Waals surface area contributed by atoms with Crippen molar-refractivity contribution in [3.63, 3.8) is 0 Å². The van der Waals surface area contributed by atoms with Crippen LogP contribution in [-0.2, 0) is 9.47 Å². The summed E-state index contributed by atoms with van der Waals surface area (Å²) in [6.07, 6.45) is -0.0399. The monoisotopic (exact) mass is 260 g/mol. The molecule has 1 aliphatic heterocycles. The van der Waals surface area contributed by atoms with Crippen molar-refractivity contribution >= 4 is 23.0 Å². The number of anilines is 2. The molecule has 2 rings (SSSR count). The number of nitrogen functional groups attached to an aromatic ring is 1. The lowest BCUT2D eigenvalue weighted by molar-refractivity contribution is -0.0818. The number of benzene rings is 1. The van der Waals surface area contributed by atoms with Crippen molar-refractivity contribution in [2.45, 2.75) is 6.10 Å². The zero-order valence-electron chi connectivity index (χ0n) is 9.21. The lowest BCUT2D eigenvalue weighted by Gasteiger charge is -2.23. The van der Waals surface area contributed by atoms with E-state index in [1.54, 1.807) is 0 Å². The Hall–Kier alpha value is -1.04. The predicted octanol–water partition coefficient (Wildman–Crippen LogP) is 1.89. The van der Waals surface area contributed by atoms with Gasteiger partial charge in [-0.1, -0.05) is 11.6 Å². The molecule has 94 valence electrons. The van der Waals surface area contributed by atoms with Crippen LogP contribution in [0, 0.1) is 5.82 Å². The first-order valence-electron chi connectivity index (χ1n) is 5.34. The van der Waals surface area contributed by atoms with Gasteiger partial charge in [0.25, 0.3) is 0 Å². The van der Waals surface area contributed by atoms with Crippen LogP contribution in [0.15, 0.2) is 12.1 Å². The summed E-state index contributed by atoms with van der Waals surface area (Å²) in [6, 6.07) is 2.67. The largest absolute Gasteiger partial charge is 0.397 e. The van der Waals surface area contributed by atoms with Crippen molar-refractivity contribution in [2.24, 2.45) is 0 Å². The number of hydrogen-bond acceptors (Lipinski definition) is 4. The van der Waals surface area contributed by atoms with E-state index in [1.165, 1.54) is 12.1 Å². The van der Waals surface area contributed by atoms with Crippen molar-refractivity contribution in [1.29, 1.82) is 0 Å². The molecule has 1 heterocycles. The Morgan fingerprint density at radius 3 is 3.00 bits per heavy atom. The molecule has 0 bridgehead atoms. The second-order valence-electron chi connectivity index (χ2n) is 3.80. The average Bonchev–Trinajstić information content (AvgIpc) is 2.33. The van der Waals surface area contributed by atoms with E-state index >= 15 is 0 Å². The van der Waals surface area contributed by atoms with Gasteiger partial charge in [0.05, 0.1) is 42.3 Å². The Balaban J connectivity index is 1.96. The van der Waals surface area contributed by atoms with Crippen LogP contribution in [0.25, 0.3) is 0 Å². The van der Waals surface area contributed by atoms with E-state index in [9.17, 15) is 4.39 Å². The molecule has 1 unspecified atom stereocenters. The number of rotatable bonds is 3. The molecule has 0 aliphatic carbocycles. The maximum atomic E-state index is 13.2. The zero-order chi connectivity index (χ0) is 12.3. The lowest BCUT2D eigenvalue weighted by atomic mass is 10.2. The van der Waals surface area contributed by atoms with Gasteiger partial charge in [-0.15, -0.1) is 0 Å². The summed E-state index contributed by atoms with van der Waals surface area (Å²) in [4.78, 5) is 0. The fraction of sp³-hybridized carbons (Fsp3) is 0.455. The maximum Gasteiger partial charge on any atom is 0.143 e. The third kappa shape index (κ3) is 3.21. The summed E-state index contributed by atoms with van der Waals surface area (Å²) in [5, 5.41) is 3.04. The van der Waals surface area contributed by atoms with Crippen LogP contribution in [0.1, 0.15) is 0 Å². The molecular weight excluding hydrogens is 247 g/mol. The van der Waals surface area contributed by atoms with Crippen LogP contribution >= 0.6 is 11.6 Å². The van der Waals surface area contributed by atoms with E-state index in [0.29, 0.717) is 37.7 Å². The van der Waals surface area contributed by atoms with Gasteiger partial charge in [0.1, 0.15) is 5.82 Å². The number of nitrogens with one attached hydrogen (secondary N) is 1. The van der Waals surface area contributed by atoms with Crippen LogP contribution < -0.4 is 11.1 Å². The molecule has 17 heavy (non-hydrogen) atoms. The van der Waals surface area contributed by atoms with Crippen LogP contribution in [0.5, 0.6) is 0 Å². The molecular formula is C11H14ClFN2O2. The molecule has 6 heteroatoms. The van der Waals surface area contributed by atoms with Crippen molar-refractivity contribution in [3.8, 4) is 0 Å². The molecule has 1 atom stereocenters. The SMILES string of the molecule is Nc1cc(Cl)c(F)cc1NCC1COCCO1. The van der Waals surface area contributed by atoms with Gasteiger partial charge < -0.3 is 20.5 Å². The second-order valence-corrected chi connectivity index (χ2v) is 4.21. The van der Waals surface area contributed by atoms with Gasteiger partial charge >= 0.3 is 0 Å². The minimum atomic E-state index is -0.496.